The summed E-state index contributed by atoms with van der Waals surface area (Å²) in [6.07, 6.45) is 1.53. The molecule has 0 aliphatic rings. The quantitative estimate of drug-likeness (QED) is 0.445. The molecule has 0 fully saturated rings. The first-order valence-electron chi connectivity index (χ1n) is 10.0. The number of para-hydroxylation sites is 2. The number of ether oxygens (including phenoxy) is 1. The number of carbonyl (C=O) groups excluding carboxylic acids is 1. The van der Waals surface area contributed by atoms with Crippen molar-refractivity contribution >= 4 is 22.6 Å². The Bertz CT molecular complexity index is 1470. The van der Waals surface area contributed by atoms with Crippen LogP contribution in [-0.2, 0) is 17.9 Å². The third-order valence-electron chi connectivity index (χ3n) is 4.94. The molecule has 160 valence electrons. The zero-order valence-corrected chi connectivity index (χ0v) is 17.2. The van der Waals surface area contributed by atoms with Gasteiger partial charge in [0.25, 0.3) is 5.88 Å². The molecule has 0 aliphatic carbocycles. The smallest absolute Gasteiger partial charge is 0.351 e. The molecule has 9 nitrogen and oxygen atoms in total. The molecule has 5 rings (SSSR count). The van der Waals surface area contributed by atoms with Gasteiger partial charge in [-0.3, -0.25) is 4.79 Å². The molecule has 2 aromatic carbocycles. The number of rotatable bonds is 6. The maximum absolute atomic E-state index is 13.1. The summed E-state index contributed by atoms with van der Waals surface area (Å²) in [4.78, 5) is 30.1. The van der Waals surface area contributed by atoms with Crippen LogP contribution in [0.4, 0.5) is 0 Å². The molecule has 1 N–H and O–H groups in total. The van der Waals surface area contributed by atoms with E-state index < -0.39 is 5.69 Å². The van der Waals surface area contributed by atoms with Crippen LogP contribution in [0.15, 0.2) is 76.1 Å². The third kappa shape index (κ3) is 3.71. The lowest BCUT2D eigenvalue weighted by molar-refractivity contribution is -0.122. The molecular formula is C23H19N5O4. The monoisotopic (exact) mass is 429 g/mol. The van der Waals surface area contributed by atoms with Crippen molar-refractivity contribution in [3.05, 3.63) is 88.7 Å². The highest BCUT2D eigenvalue weighted by molar-refractivity contribution is 5.80. The molecule has 3 heterocycles. The highest BCUT2D eigenvalue weighted by atomic mass is 16.5. The fourth-order valence-electron chi connectivity index (χ4n) is 3.35. The number of hydrogen-bond acceptors (Lipinski definition) is 6. The summed E-state index contributed by atoms with van der Waals surface area (Å²) >= 11 is 0. The maximum atomic E-state index is 13.1. The Morgan fingerprint density at radius 3 is 2.69 bits per heavy atom. The van der Waals surface area contributed by atoms with Gasteiger partial charge in [0, 0.05) is 0 Å². The van der Waals surface area contributed by atoms with Crippen LogP contribution in [0, 0.1) is 6.92 Å². The van der Waals surface area contributed by atoms with E-state index >= 15 is 0 Å². The molecule has 1 amide bonds. The van der Waals surface area contributed by atoms with Crippen molar-refractivity contribution in [1.29, 1.82) is 0 Å². The topological polar surface area (TPSA) is 104 Å². The Balaban J connectivity index is 1.53. The Morgan fingerprint density at radius 1 is 1.09 bits per heavy atom. The van der Waals surface area contributed by atoms with Crippen molar-refractivity contribution < 1.29 is 13.9 Å². The van der Waals surface area contributed by atoms with E-state index in [-0.39, 0.29) is 30.5 Å². The lowest BCUT2D eigenvalue weighted by Gasteiger charge is -2.07. The van der Waals surface area contributed by atoms with Gasteiger partial charge in [-0.25, -0.2) is 18.9 Å². The van der Waals surface area contributed by atoms with E-state index in [1.54, 1.807) is 24.3 Å². The minimum atomic E-state index is -0.458. The van der Waals surface area contributed by atoms with Crippen molar-refractivity contribution in [2.75, 3.05) is 0 Å². The number of nitrogens with zero attached hydrogens (tertiary/aromatic N) is 4. The van der Waals surface area contributed by atoms with Crippen LogP contribution in [0.25, 0.3) is 16.7 Å². The second-order valence-electron chi connectivity index (χ2n) is 7.28. The first kappa shape index (κ1) is 19.6. The molecule has 0 saturated carbocycles. The van der Waals surface area contributed by atoms with E-state index in [1.165, 1.54) is 10.7 Å². The van der Waals surface area contributed by atoms with Crippen LogP contribution in [-0.4, -0.2) is 25.1 Å². The van der Waals surface area contributed by atoms with Crippen molar-refractivity contribution in [3.63, 3.8) is 0 Å². The molecular weight excluding hydrogens is 410 g/mol. The first-order valence-corrected chi connectivity index (χ1v) is 10.0. The summed E-state index contributed by atoms with van der Waals surface area (Å²) in [6, 6.07) is 18.2. The van der Waals surface area contributed by atoms with Crippen LogP contribution in [0.3, 0.4) is 0 Å². The van der Waals surface area contributed by atoms with E-state index in [0.717, 1.165) is 10.2 Å². The fraction of sp³-hybridized carbons (Fsp3) is 0.130. The predicted molar refractivity (Wildman–Crippen MR) is 117 cm³/mol. The highest BCUT2D eigenvalue weighted by Crippen LogP contribution is 2.26. The molecule has 0 spiro atoms. The van der Waals surface area contributed by atoms with Gasteiger partial charge in [0.1, 0.15) is 18.1 Å². The lowest BCUT2D eigenvalue weighted by Crippen LogP contribution is -2.32. The highest BCUT2D eigenvalue weighted by Gasteiger charge is 2.19. The largest absolute Gasteiger partial charge is 0.467 e. The van der Waals surface area contributed by atoms with Crippen LogP contribution in [0.5, 0.6) is 11.6 Å². The van der Waals surface area contributed by atoms with Crippen LogP contribution in [0.1, 0.15) is 11.3 Å². The van der Waals surface area contributed by atoms with Crippen molar-refractivity contribution in [3.8, 4) is 11.6 Å². The minimum Gasteiger partial charge on any atom is -0.467 e. The number of furan rings is 1. The van der Waals surface area contributed by atoms with Crippen LogP contribution < -0.4 is 15.7 Å². The molecule has 9 heteroatoms. The molecule has 0 radical (unpaired) electrons. The number of benzene rings is 2. The molecule has 5 aromatic rings. The summed E-state index contributed by atoms with van der Waals surface area (Å²) in [5.74, 6) is 0.993. The summed E-state index contributed by atoms with van der Waals surface area (Å²) in [6.45, 7) is 1.95. The summed E-state index contributed by atoms with van der Waals surface area (Å²) < 4.78 is 13.7. The average molecular weight is 429 g/mol. The van der Waals surface area contributed by atoms with Gasteiger partial charge in [-0.05, 0) is 43.3 Å². The summed E-state index contributed by atoms with van der Waals surface area (Å²) in [5, 5.41) is 7.07. The lowest BCUT2D eigenvalue weighted by atomic mass is 10.2. The summed E-state index contributed by atoms with van der Waals surface area (Å²) in [7, 11) is 0. The van der Waals surface area contributed by atoms with Gasteiger partial charge in [0.05, 0.1) is 23.8 Å². The Hall–Kier alpha value is -4.40. The van der Waals surface area contributed by atoms with Crippen LogP contribution >= 0.6 is 0 Å². The number of carbonyl (C=O) groups is 1. The number of hydrogen-bond donors (Lipinski definition) is 1. The van der Waals surface area contributed by atoms with Gasteiger partial charge in [-0.2, -0.15) is 0 Å². The van der Waals surface area contributed by atoms with Crippen molar-refractivity contribution in [1.82, 2.24) is 24.5 Å². The van der Waals surface area contributed by atoms with E-state index in [9.17, 15) is 9.59 Å². The number of nitrogens with one attached hydrogen (secondary N) is 1. The molecule has 0 unspecified atom stereocenters. The maximum Gasteiger partial charge on any atom is 0.351 e. The molecule has 0 saturated heterocycles. The first-order chi connectivity index (χ1) is 15.6. The zero-order chi connectivity index (χ0) is 22.1. The second kappa shape index (κ2) is 8.03. The van der Waals surface area contributed by atoms with Gasteiger partial charge >= 0.3 is 5.69 Å². The van der Waals surface area contributed by atoms with Gasteiger partial charge in [0.2, 0.25) is 11.6 Å². The third-order valence-corrected chi connectivity index (χ3v) is 4.94. The number of fused-ring (bicyclic) bond motifs is 3. The van der Waals surface area contributed by atoms with Gasteiger partial charge in [0.15, 0.2) is 0 Å². The van der Waals surface area contributed by atoms with Crippen LogP contribution in [0.2, 0.25) is 0 Å². The Kier molecular flexibility index (Phi) is 4.91. The standard InChI is InChI=1S/C23H19N5O4/c1-15-8-10-16(11-9-15)32-22-21-26-27(14-20(29)24-13-17-5-4-12-31-17)23(30)28(21)19-7-3-2-6-18(19)25-22/h2-12H,13-14H2,1H3,(H,24,29). The predicted octanol–water partition coefficient (Wildman–Crippen LogP) is 3.05. The van der Waals surface area contributed by atoms with Gasteiger partial charge in [-0.1, -0.05) is 29.8 Å². The molecule has 32 heavy (non-hydrogen) atoms. The summed E-state index contributed by atoms with van der Waals surface area (Å²) in [5.41, 5.74) is 2.01. The minimum absolute atomic E-state index is 0.180. The van der Waals surface area contributed by atoms with Gasteiger partial charge in [-0.15, -0.1) is 5.10 Å². The van der Waals surface area contributed by atoms with E-state index in [0.29, 0.717) is 22.5 Å². The average Bonchev–Trinajstić information content (AvgIpc) is 3.43. The zero-order valence-electron chi connectivity index (χ0n) is 17.2. The SMILES string of the molecule is Cc1ccc(Oc2nc3ccccc3n3c(=O)n(CC(=O)NCc4ccco4)nc23)cc1. The molecule has 0 aliphatic heterocycles. The Labute approximate surface area is 181 Å². The fourth-order valence-corrected chi connectivity index (χ4v) is 3.35. The Morgan fingerprint density at radius 2 is 1.91 bits per heavy atom. The molecule has 3 aromatic heterocycles. The van der Waals surface area contributed by atoms with Gasteiger partial charge < -0.3 is 14.5 Å². The number of amides is 1. The van der Waals surface area contributed by atoms with Crippen molar-refractivity contribution in [2.45, 2.75) is 20.0 Å². The van der Waals surface area contributed by atoms with E-state index in [4.69, 9.17) is 9.15 Å². The normalized spacial score (nSPS) is 11.2. The van der Waals surface area contributed by atoms with Crippen molar-refractivity contribution in [2.24, 2.45) is 0 Å². The number of aromatic nitrogens is 4. The van der Waals surface area contributed by atoms with E-state index in [1.807, 2.05) is 43.3 Å². The molecule has 0 atom stereocenters. The van der Waals surface area contributed by atoms with E-state index in [2.05, 4.69) is 15.4 Å². The second-order valence-corrected chi connectivity index (χ2v) is 7.28. The molecule has 0 bridgehead atoms. The number of aryl methyl sites for hydroxylation is 1.